The van der Waals surface area contributed by atoms with Crippen molar-refractivity contribution in [3.63, 3.8) is 0 Å². The van der Waals surface area contributed by atoms with Gasteiger partial charge in [0.15, 0.2) is 0 Å². The van der Waals surface area contributed by atoms with Gasteiger partial charge in [-0.25, -0.2) is 4.79 Å². The molecule has 2 aromatic carbocycles. The number of aromatic nitrogens is 1. The zero-order valence-electron chi connectivity index (χ0n) is 15.2. The number of nitrogens with one attached hydrogen (secondary N) is 1. The summed E-state index contributed by atoms with van der Waals surface area (Å²) in [6.07, 6.45) is 2.02. The largest absolute Gasteiger partial charge is 0.497 e. The molecule has 0 aliphatic carbocycles. The Morgan fingerprint density at radius 2 is 1.96 bits per heavy atom. The summed E-state index contributed by atoms with van der Waals surface area (Å²) in [6.45, 7) is 1.27. The Kier molecular flexibility index (Phi) is 5.20. The van der Waals surface area contributed by atoms with Crippen molar-refractivity contribution in [1.82, 2.24) is 9.47 Å². The second-order valence-corrected chi connectivity index (χ2v) is 7.39. The first-order valence-electron chi connectivity index (χ1n) is 8.88. The summed E-state index contributed by atoms with van der Waals surface area (Å²) in [4.78, 5) is 15.0. The summed E-state index contributed by atoms with van der Waals surface area (Å²) in [5.41, 5.74) is 2.52. The van der Waals surface area contributed by atoms with E-state index in [1.807, 2.05) is 42.6 Å². The molecule has 2 amide bonds. The van der Waals surface area contributed by atoms with E-state index in [0.717, 1.165) is 17.8 Å². The van der Waals surface area contributed by atoms with Crippen molar-refractivity contribution in [3.05, 3.63) is 82.1 Å². The van der Waals surface area contributed by atoms with Crippen molar-refractivity contribution in [1.29, 1.82) is 0 Å². The van der Waals surface area contributed by atoms with Crippen LogP contribution in [-0.4, -0.2) is 29.2 Å². The molecule has 1 aliphatic rings. The van der Waals surface area contributed by atoms with Crippen LogP contribution in [0.25, 0.3) is 0 Å². The molecule has 1 unspecified atom stereocenters. The van der Waals surface area contributed by atoms with Gasteiger partial charge in [-0.15, -0.1) is 0 Å². The number of carbonyl (C=O) groups excluding carboxylic acids is 1. The zero-order valence-corrected chi connectivity index (χ0v) is 16.7. The molecule has 7 heteroatoms. The predicted octanol–water partition coefficient (Wildman–Crippen LogP) is 5.44. The Balaban J connectivity index is 1.69. The SMILES string of the molecule is COc1cccc(NC(=O)N2CCn3cccc3C2c2ccc(Cl)cc2Cl)c1. The number of methoxy groups -OCH3 is 1. The maximum Gasteiger partial charge on any atom is 0.322 e. The van der Waals surface area contributed by atoms with Crippen molar-refractivity contribution in [2.75, 3.05) is 19.0 Å². The van der Waals surface area contributed by atoms with Gasteiger partial charge in [-0.1, -0.05) is 35.3 Å². The number of urea groups is 1. The van der Waals surface area contributed by atoms with Crippen molar-refractivity contribution in [3.8, 4) is 5.75 Å². The lowest BCUT2D eigenvalue weighted by molar-refractivity contribution is 0.182. The molecular weight excluding hydrogens is 397 g/mol. The number of rotatable bonds is 3. The number of carbonyl (C=O) groups is 1. The van der Waals surface area contributed by atoms with Gasteiger partial charge in [0.1, 0.15) is 11.8 Å². The van der Waals surface area contributed by atoms with Crippen LogP contribution in [-0.2, 0) is 6.54 Å². The molecule has 2 heterocycles. The average molecular weight is 416 g/mol. The van der Waals surface area contributed by atoms with Gasteiger partial charge in [0.2, 0.25) is 0 Å². The highest BCUT2D eigenvalue weighted by atomic mass is 35.5. The van der Waals surface area contributed by atoms with E-state index in [1.165, 1.54) is 0 Å². The first-order chi connectivity index (χ1) is 13.6. The van der Waals surface area contributed by atoms with Gasteiger partial charge >= 0.3 is 6.03 Å². The van der Waals surface area contributed by atoms with E-state index in [4.69, 9.17) is 27.9 Å². The first-order valence-corrected chi connectivity index (χ1v) is 9.64. The Bertz CT molecular complexity index is 1020. The summed E-state index contributed by atoms with van der Waals surface area (Å²) in [5, 5.41) is 4.06. The first kappa shape index (κ1) is 18.7. The highest BCUT2D eigenvalue weighted by Gasteiger charge is 2.33. The van der Waals surface area contributed by atoms with Gasteiger partial charge in [-0.2, -0.15) is 0 Å². The summed E-state index contributed by atoms with van der Waals surface area (Å²) >= 11 is 12.6. The normalized spacial score (nSPS) is 15.8. The second kappa shape index (κ2) is 7.78. The Labute approximate surface area is 173 Å². The van der Waals surface area contributed by atoms with E-state index in [-0.39, 0.29) is 12.1 Å². The highest BCUT2D eigenvalue weighted by molar-refractivity contribution is 6.35. The Morgan fingerprint density at radius 1 is 1.11 bits per heavy atom. The number of amides is 2. The molecule has 1 aliphatic heterocycles. The molecule has 3 aromatic rings. The number of anilines is 1. The molecule has 1 atom stereocenters. The molecule has 4 rings (SSSR count). The van der Waals surface area contributed by atoms with Crippen molar-refractivity contribution < 1.29 is 9.53 Å². The lowest BCUT2D eigenvalue weighted by atomic mass is 10.00. The Morgan fingerprint density at radius 3 is 2.75 bits per heavy atom. The number of hydrogen-bond acceptors (Lipinski definition) is 2. The number of hydrogen-bond donors (Lipinski definition) is 1. The summed E-state index contributed by atoms with van der Waals surface area (Å²) in [5.74, 6) is 0.683. The fourth-order valence-electron chi connectivity index (χ4n) is 3.55. The third-order valence-electron chi connectivity index (χ3n) is 4.88. The number of halogens is 2. The highest BCUT2D eigenvalue weighted by Crippen LogP contribution is 2.37. The fraction of sp³-hybridized carbons (Fsp3) is 0.190. The summed E-state index contributed by atoms with van der Waals surface area (Å²) in [6, 6.07) is 16.2. The maximum atomic E-state index is 13.2. The van der Waals surface area contributed by atoms with Gasteiger partial charge in [0.25, 0.3) is 0 Å². The number of benzene rings is 2. The van der Waals surface area contributed by atoms with Crippen LogP contribution in [0.3, 0.4) is 0 Å². The van der Waals surface area contributed by atoms with Gasteiger partial charge in [0, 0.05) is 46.8 Å². The zero-order chi connectivity index (χ0) is 19.7. The van der Waals surface area contributed by atoms with E-state index >= 15 is 0 Å². The van der Waals surface area contributed by atoms with Gasteiger partial charge < -0.3 is 19.5 Å². The molecule has 0 saturated heterocycles. The minimum Gasteiger partial charge on any atom is -0.497 e. The van der Waals surface area contributed by atoms with Crippen LogP contribution in [0.5, 0.6) is 5.75 Å². The van der Waals surface area contributed by atoms with Gasteiger partial charge in [-0.3, -0.25) is 0 Å². The van der Waals surface area contributed by atoms with E-state index in [2.05, 4.69) is 9.88 Å². The summed E-state index contributed by atoms with van der Waals surface area (Å²) < 4.78 is 7.38. The lowest BCUT2D eigenvalue weighted by Gasteiger charge is -2.37. The molecule has 1 aromatic heterocycles. The quantitative estimate of drug-likeness (QED) is 0.618. The lowest BCUT2D eigenvalue weighted by Crippen LogP contribution is -2.44. The van der Waals surface area contributed by atoms with E-state index < -0.39 is 0 Å². The molecule has 0 fully saturated rings. The Hall–Kier alpha value is -2.63. The van der Waals surface area contributed by atoms with Gasteiger partial charge in [-0.05, 0) is 42.0 Å². The predicted molar refractivity (Wildman–Crippen MR) is 111 cm³/mol. The smallest absolute Gasteiger partial charge is 0.322 e. The molecule has 0 bridgehead atoms. The molecule has 144 valence electrons. The molecule has 5 nitrogen and oxygen atoms in total. The molecule has 0 saturated carbocycles. The van der Waals surface area contributed by atoms with Crippen LogP contribution >= 0.6 is 23.2 Å². The van der Waals surface area contributed by atoms with E-state index in [1.54, 1.807) is 30.2 Å². The monoisotopic (exact) mass is 415 g/mol. The molecule has 0 radical (unpaired) electrons. The average Bonchev–Trinajstić information content (AvgIpc) is 3.16. The standard InChI is InChI=1S/C21H19Cl2N3O2/c1-28-16-5-2-4-15(13-16)24-21(27)26-11-10-25-9-3-6-19(25)20(26)17-8-7-14(22)12-18(17)23/h2-9,12-13,20H,10-11H2,1H3,(H,24,27). The third kappa shape index (κ3) is 3.55. The van der Waals surface area contributed by atoms with Gasteiger partial charge in [0.05, 0.1) is 7.11 Å². The molecule has 28 heavy (non-hydrogen) atoms. The molecule has 1 N–H and O–H groups in total. The maximum absolute atomic E-state index is 13.2. The van der Waals surface area contributed by atoms with Crippen LogP contribution in [0, 0.1) is 0 Å². The second-order valence-electron chi connectivity index (χ2n) is 6.55. The van der Waals surface area contributed by atoms with Crippen LogP contribution in [0.2, 0.25) is 10.0 Å². The molecule has 0 spiro atoms. The van der Waals surface area contributed by atoms with E-state index in [0.29, 0.717) is 28.0 Å². The van der Waals surface area contributed by atoms with Crippen molar-refractivity contribution >= 4 is 34.9 Å². The van der Waals surface area contributed by atoms with E-state index in [9.17, 15) is 4.79 Å². The van der Waals surface area contributed by atoms with Crippen molar-refractivity contribution in [2.24, 2.45) is 0 Å². The van der Waals surface area contributed by atoms with Crippen LogP contribution < -0.4 is 10.1 Å². The fourth-order valence-corrected chi connectivity index (χ4v) is 4.06. The minimum atomic E-state index is -0.306. The topological polar surface area (TPSA) is 46.5 Å². The minimum absolute atomic E-state index is 0.197. The van der Waals surface area contributed by atoms with Crippen molar-refractivity contribution in [2.45, 2.75) is 12.6 Å². The summed E-state index contributed by atoms with van der Waals surface area (Å²) in [7, 11) is 1.60. The number of ether oxygens (including phenoxy) is 1. The van der Waals surface area contributed by atoms with Crippen LogP contribution in [0.15, 0.2) is 60.8 Å². The molecular formula is C21H19Cl2N3O2. The van der Waals surface area contributed by atoms with Crippen LogP contribution in [0.1, 0.15) is 17.3 Å². The third-order valence-corrected chi connectivity index (χ3v) is 5.44. The number of nitrogens with zero attached hydrogens (tertiary/aromatic N) is 2. The number of fused-ring (bicyclic) bond motifs is 1. The van der Waals surface area contributed by atoms with Crippen LogP contribution in [0.4, 0.5) is 10.5 Å².